The molecule has 0 saturated heterocycles. The van der Waals surface area contributed by atoms with Crippen LogP contribution >= 0.6 is 11.6 Å². The van der Waals surface area contributed by atoms with E-state index in [2.05, 4.69) is 15.5 Å². The van der Waals surface area contributed by atoms with Gasteiger partial charge in [-0.3, -0.25) is 4.79 Å². The number of benzene rings is 2. The summed E-state index contributed by atoms with van der Waals surface area (Å²) in [4.78, 5) is 16.3. The third-order valence-corrected chi connectivity index (χ3v) is 3.92. The van der Waals surface area contributed by atoms with Gasteiger partial charge >= 0.3 is 0 Å². The number of nitrogens with zero attached hydrogens (tertiary/aromatic N) is 2. The van der Waals surface area contributed by atoms with Crippen LogP contribution in [0.3, 0.4) is 0 Å². The number of carbonyl (C=O) groups is 1. The van der Waals surface area contributed by atoms with E-state index in [9.17, 15) is 4.79 Å². The highest BCUT2D eigenvalue weighted by atomic mass is 35.5. The Kier molecular flexibility index (Phi) is 4.25. The molecular weight excluding hydrogens is 354 g/mol. The smallest absolute Gasteiger partial charge is 0.291 e. The summed E-state index contributed by atoms with van der Waals surface area (Å²) in [6.45, 7) is 0. The quantitative estimate of drug-likeness (QED) is 0.556. The topological polar surface area (TPSA) is 81.2 Å². The molecule has 4 rings (SSSR count). The second kappa shape index (κ2) is 6.85. The predicted octanol–water partition coefficient (Wildman–Crippen LogP) is 4.90. The van der Waals surface area contributed by atoms with E-state index in [0.29, 0.717) is 22.4 Å². The number of anilines is 1. The summed E-state index contributed by atoms with van der Waals surface area (Å²) >= 11 is 5.88. The van der Waals surface area contributed by atoms with Gasteiger partial charge in [0.05, 0.1) is 6.26 Å². The molecule has 4 aromatic rings. The average molecular weight is 366 g/mol. The molecule has 1 N–H and O–H groups in total. The molecule has 0 fully saturated rings. The van der Waals surface area contributed by atoms with Crippen LogP contribution < -0.4 is 5.32 Å². The van der Waals surface area contributed by atoms with Crippen molar-refractivity contribution in [1.29, 1.82) is 0 Å². The SMILES string of the molecule is O=C(Nc1ccc(-c2nc(-c3ccc(Cl)cc3)no2)cc1)c1ccco1. The summed E-state index contributed by atoms with van der Waals surface area (Å²) in [5.74, 6) is 0.801. The fraction of sp³-hybridized carbons (Fsp3) is 0. The summed E-state index contributed by atoms with van der Waals surface area (Å²) in [5.41, 5.74) is 2.19. The summed E-state index contributed by atoms with van der Waals surface area (Å²) in [7, 11) is 0. The summed E-state index contributed by atoms with van der Waals surface area (Å²) in [5, 5.41) is 7.38. The maximum atomic E-state index is 12.0. The Morgan fingerprint density at radius 2 is 1.69 bits per heavy atom. The first-order valence-corrected chi connectivity index (χ1v) is 8.12. The van der Waals surface area contributed by atoms with E-state index in [1.807, 2.05) is 12.1 Å². The van der Waals surface area contributed by atoms with E-state index in [4.69, 9.17) is 20.5 Å². The number of amides is 1. The van der Waals surface area contributed by atoms with Gasteiger partial charge in [0.25, 0.3) is 11.8 Å². The fourth-order valence-corrected chi connectivity index (χ4v) is 2.48. The highest BCUT2D eigenvalue weighted by molar-refractivity contribution is 6.30. The second-order valence-electron chi connectivity index (χ2n) is 5.44. The van der Waals surface area contributed by atoms with Crippen molar-refractivity contribution in [3.63, 3.8) is 0 Å². The van der Waals surface area contributed by atoms with Crippen LogP contribution in [-0.4, -0.2) is 16.0 Å². The van der Waals surface area contributed by atoms with Crippen molar-refractivity contribution in [2.75, 3.05) is 5.32 Å². The lowest BCUT2D eigenvalue weighted by atomic mass is 10.2. The maximum absolute atomic E-state index is 12.0. The van der Waals surface area contributed by atoms with E-state index in [0.717, 1.165) is 11.1 Å². The Morgan fingerprint density at radius 3 is 2.38 bits per heavy atom. The number of nitrogens with one attached hydrogen (secondary N) is 1. The number of halogens is 1. The van der Waals surface area contributed by atoms with Crippen molar-refractivity contribution >= 4 is 23.2 Å². The van der Waals surface area contributed by atoms with Crippen LogP contribution in [0.1, 0.15) is 10.6 Å². The van der Waals surface area contributed by atoms with Crippen LogP contribution in [0.4, 0.5) is 5.69 Å². The molecule has 0 unspecified atom stereocenters. The van der Waals surface area contributed by atoms with Gasteiger partial charge in [0.2, 0.25) is 5.82 Å². The lowest BCUT2D eigenvalue weighted by molar-refractivity contribution is 0.0996. The zero-order valence-electron chi connectivity index (χ0n) is 13.3. The number of hydrogen-bond acceptors (Lipinski definition) is 5. The Bertz CT molecular complexity index is 1020. The lowest BCUT2D eigenvalue weighted by Crippen LogP contribution is -2.10. The van der Waals surface area contributed by atoms with Gasteiger partial charge < -0.3 is 14.3 Å². The molecule has 7 heteroatoms. The van der Waals surface area contributed by atoms with Crippen LogP contribution in [0.25, 0.3) is 22.8 Å². The van der Waals surface area contributed by atoms with Crippen LogP contribution in [0.15, 0.2) is 75.9 Å². The Hall–Kier alpha value is -3.38. The zero-order valence-corrected chi connectivity index (χ0v) is 14.1. The van der Waals surface area contributed by atoms with Crippen LogP contribution in [0, 0.1) is 0 Å². The van der Waals surface area contributed by atoms with Gasteiger partial charge in [-0.1, -0.05) is 16.8 Å². The van der Waals surface area contributed by atoms with Crippen molar-refractivity contribution in [1.82, 2.24) is 10.1 Å². The van der Waals surface area contributed by atoms with Crippen molar-refractivity contribution in [2.45, 2.75) is 0 Å². The Labute approximate surface area is 153 Å². The third kappa shape index (κ3) is 3.36. The number of rotatable bonds is 4. The van der Waals surface area contributed by atoms with Crippen molar-refractivity contribution in [2.24, 2.45) is 0 Å². The highest BCUT2D eigenvalue weighted by Gasteiger charge is 2.12. The van der Waals surface area contributed by atoms with E-state index < -0.39 is 0 Å². The average Bonchev–Trinajstić information content (AvgIpc) is 3.35. The van der Waals surface area contributed by atoms with Gasteiger partial charge in [-0.15, -0.1) is 0 Å². The molecule has 2 aromatic heterocycles. The van der Waals surface area contributed by atoms with Gasteiger partial charge in [0.15, 0.2) is 5.76 Å². The van der Waals surface area contributed by atoms with Gasteiger partial charge in [0, 0.05) is 21.8 Å². The largest absolute Gasteiger partial charge is 0.459 e. The van der Waals surface area contributed by atoms with E-state index >= 15 is 0 Å². The Balaban J connectivity index is 1.50. The Morgan fingerprint density at radius 1 is 0.962 bits per heavy atom. The molecule has 0 radical (unpaired) electrons. The van der Waals surface area contributed by atoms with E-state index in [-0.39, 0.29) is 11.7 Å². The van der Waals surface area contributed by atoms with Crippen molar-refractivity contribution in [3.05, 3.63) is 77.7 Å². The predicted molar refractivity (Wildman–Crippen MR) is 96.8 cm³/mol. The molecule has 2 heterocycles. The van der Waals surface area contributed by atoms with Gasteiger partial charge in [0.1, 0.15) is 0 Å². The molecule has 6 nitrogen and oxygen atoms in total. The number of carbonyl (C=O) groups excluding carboxylic acids is 1. The number of aromatic nitrogens is 2. The van der Waals surface area contributed by atoms with Crippen molar-refractivity contribution < 1.29 is 13.7 Å². The van der Waals surface area contributed by atoms with Crippen molar-refractivity contribution in [3.8, 4) is 22.8 Å². The second-order valence-corrected chi connectivity index (χ2v) is 5.88. The molecule has 0 saturated carbocycles. The molecular formula is C19H12ClN3O3. The summed E-state index contributed by atoms with van der Waals surface area (Å²) in [6.07, 6.45) is 1.45. The first-order valence-electron chi connectivity index (χ1n) is 7.74. The molecule has 0 spiro atoms. The van der Waals surface area contributed by atoms with Crippen LogP contribution in [0.2, 0.25) is 5.02 Å². The molecule has 0 atom stereocenters. The molecule has 1 amide bonds. The standard InChI is InChI=1S/C19H12ClN3O3/c20-14-7-3-12(4-8-14)17-22-19(26-23-17)13-5-9-15(10-6-13)21-18(24)16-2-1-11-25-16/h1-11H,(H,21,24). The fourth-order valence-electron chi connectivity index (χ4n) is 2.35. The minimum Gasteiger partial charge on any atom is -0.459 e. The first kappa shape index (κ1) is 16.1. The van der Waals surface area contributed by atoms with E-state index in [1.54, 1.807) is 48.5 Å². The van der Waals surface area contributed by atoms with E-state index in [1.165, 1.54) is 6.26 Å². The third-order valence-electron chi connectivity index (χ3n) is 3.66. The first-order chi connectivity index (χ1) is 12.7. The number of furan rings is 1. The molecule has 0 aliphatic rings. The summed E-state index contributed by atoms with van der Waals surface area (Å²) < 4.78 is 10.4. The molecule has 2 aromatic carbocycles. The zero-order chi connectivity index (χ0) is 17.9. The van der Waals surface area contributed by atoms with Gasteiger partial charge in [-0.25, -0.2) is 0 Å². The molecule has 0 bridgehead atoms. The molecule has 0 aliphatic carbocycles. The monoisotopic (exact) mass is 365 g/mol. The van der Waals surface area contributed by atoms with Gasteiger partial charge in [-0.2, -0.15) is 4.98 Å². The van der Waals surface area contributed by atoms with Crippen LogP contribution in [-0.2, 0) is 0 Å². The van der Waals surface area contributed by atoms with Crippen LogP contribution in [0.5, 0.6) is 0 Å². The molecule has 26 heavy (non-hydrogen) atoms. The maximum Gasteiger partial charge on any atom is 0.291 e. The minimum absolute atomic E-state index is 0.249. The lowest BCUT2D eigenvalue weighted by Gasteiger charge is -2.03. The summed E-state index contributed by atoms with van der Waals surface area (Å²) in [6, 6.07) is 17.5. The minimum atomic E-state index is -0.314. The highest BCUT2D eigenvalue weighted by Crippen LogP contribution is 2.24. The molecule has 128 valence electrons. The number of hydrogen-bond donors (Lipinski definition) is 1. The normalized spacial score (nSPS) is 10.7. The molecule has 0 aliphatic heterocycles. The van der Waals surface area contributed by atoms with Gasteiger partial charge in [-0.05, 0) is 60.7 Å².